The van der Waals surface area contributed by atoms with Crippen molar-refractivity contribution in [3.63, 3.8) is 0 Å². The van der Waals surface area contributed by atoms with Crippen LogP contribution in [0.15, 0.2) is 36.1 Å². The van der Waals surface area contributed by atoms with Crippen molar-refractivity contribution in [3.05, 3.63) is 36.1 Å². The monoisotopic (exact) mass is 170 g/mol. The van der Waals surface area contributed by atoms with Gasteiger partial charge in [-0.3, -0.25) is 0 Å². The molecule has 0 unspecified atom stereocenters. The molecule has 2 heteroatoms. The highest BCUT2D eigenvalue weighted by Crippen LogP contribution is 2.02. The average molecular weight is 170 g/mol. The van der Waals surface area contributed by atoms with Gasteiger partial charge in [0.15, 0.2) is 0 Å². The topological polar surface area (TPSA) is 9.23 Å². The van der Waals surface area contributed by atoms with E-state index in [1.54, 1.807) is 7.11 Å². The lowest BCUT2D eigenvalue weighted by Crippen LogP contribution is -1.81. The zero-order chi connectivity index (χ0) is 8.69. The van der Waals surface area contributed by atoms with Crippen LogP contribution >= 0.6 is 12.6 Å². The predicted molar refractivity (Wildman–Crippen MR) is 52.9 cm³/mol. The average Bonchev–Trinajstić information content (AvgIpc) is 2.06. The maximum absolute atomic E-state index is 4.86. The van der Waals surface area contributed by atoms with Crippen LogP contribution in [-0.2, 0) is 4.74 Å². The highest BCUT2D eigenvalue weighted by atomic mass is 32.1. The Balaban J connectivity index is 4.00. The molecule has 62 valence electrons. The van der Waals surface area contributed by atoms with Crippen molar-refractivity contribution in [2.24, 2.45) is 0 Å². The van der Waals surface area contributed by atoms with Gasteiger partial charge in [0.05, 0.1) is 7.11 Å². The van der Waals surface area contributed by atoms with Crippen LogP contribution in [0.4, 0.5) is 0 Å². The Morgan fingerprint density at radius 1 is 1.55 bits per heavy atom. The van der Waals surface area contributed by atoms with E-state index in [9.17, 15) is 0 Å². The van der Waals surface area contributed by atoms with E-state index in [-0.39, 0.29) is 0 Å². The van der Waals surface area contributed by atoms with Crippen LogP contribution in [0.5, 0.6) is 0 Å². The van der Waals surface area contributed by atoms with Gasteiger partial charge in [0, 0.05) is 5.75 Å². The van der Waals surface area contributed by atoms with Crippen molar-refractivity contribution in [3.8, 4) is 0 Å². The van der Waals surface area contributed by atoms with E-state index in [0.717, 1.165) is 11.3 Å². The summed E-state index contributed by atoms with van der Waals surface area (Å²) in [7, 11) is 1.60. The normalized spacial score (nSPS) is 12.1. The third-order valence-corrected chi connectivity index (χ3v) is 1.66. The molecule has 11 heavy (non-hydrogen) atoms. The number of ether oxygens (including phenoxy) is 1. The van der Waals surface area contributed by atoms with Gasteiger partial charge < -0.3 is 4.74 Å². The Morgan fingerprint density at radius 2 is 2.18 bits per heavy atom. The lowest BCUT2D eigenvalue weighted by Gasteiger charge is -1.96. The minimum absolute atomic E-state index is 0.658. The highest BCUT2D eigenvalue weighted by Gasteiger charge is 1.86. The summed E-state index contributed by atoms with van der Waals surface area (Å²) in [4.78, 5) is 0. The number of allylic oxidation sites excluding steroid dienone is 3. The summed E-state index contributed by atoms with van der Waals surface area (Å²) in [6.45, 7) is 5.63. The van der Waals surface area contributed by atoms with Crippen molar-refractivity contribution in [1.29, 1.82) is 0 Å². The first-order chi connectivity index (χ1) is 5.24. The minimum atomic E-state index is 0.658. The second kappa shape index (κ2) is 6.10. The smallest absolute Gasteiger partial charge is 0.111 e. The Bertz CT molecular complexity index is 180. The quantitative estimate of drug-likeness (QED) is 0.387. The predicted octanol–water partition coefficient (Wildman–Crippen LogP) is 2.58. The third kappa shape index (κ3) is 4.73. The fraction of sp³-hybridized carbons (Fsp3) is 0.333. The molecule has 0 spiro atoms. The van der Waals surface area contributed by atoms with Gasteiger partial charge in [-0.1, -0.05) is 18.7 Å². The maximum Gasteiger partial charge on any atom is 0.111 e. The second-order valence-electron chi connectivity index (χ2n) is 2.03. The van der Waals surface area contributed by atoms with Crippen LogP contribution in [0.1, 0.15) is 6.92 Å². The molecule has 0 radical (unpaired) electrons. The van der Waals surface area contributed by atoms with Gasteiger partial charge in [0.2, 0.25) is 0 Å². The van der Waals surface area contributed by atoms with Gasteiger partial charge >= 0.3 is 0 Å². The fourth-order valence-electron chi connectivity index (χ4n) is 0.508. The summed E-state index contributed by atoms with van der Waals surface area (Å²) in [5.41, 5.74) is 1.16. The van der Waals surface area contributed by atoms with Crippen LogP contribution in [-0.4, -0.2) is 12.9 Å². The molecule has 0 bridgehead atoms. The Kier molecular flexibility index (Phi) is 5.75. The van der Waals surface area contributed by atoms with Crippen molar-refractivity contribution >= 4 is 12.6 Å². The molecule has 0 aromatic carbocycles. The molecule has 0 aliphatic carbocycles. The molecule has 0 aromatic heterocycles. The number of hydrogen-bond acceptors (Lipinski definition) is 2. The van der Waals surface area contributed by atoms with Gasteiger partial charge in [0.25, 0.3) is 0 Å². The van der Waals surface area contributed by atoms with Gasteiger partial charge in [0.1, 0.15) is 5.76 Å². The molecular weight excluding hydrogens is 156 g/mol. The molecule has 0 saturated heterocycles. The molecular formula is C9H14OS. The first-order valence-corrected chi connectivity index (χ1v) is 4.04. The van der Waals surface area contributed by atoms with E-state index in [1.807, 2.05) is 25.2 Å². The lowest BCUT2D eigenvalue weighted by atomic mass is 10.2. The van der Waals surface area contributed by atoms with Gasteiger partial charge in [-0.25, -0.2) is 0 Å². The molecule has 0 amide bonds. The first kappa shape index (κ1) is 10.4. The Morgan fingerprint density at radius 3 is 2.55 bits per heavy atom. The van der Waals surface area contributed by atoms with E-state index in [2.05, 4.69) is 19.2 Å². The molecule has 0 atom stereocenters. The summed E-state index contributed by atoms with van der Waals surface area (Å²) < 4.78 is 4.86. The molecule has 0 N–H and O–H groups in total. The Labute approximate surface area is 73.9 Å². The lowest BCUT2D eigenvalue weighted by molar-refractivity contribution is 0.309. The van der Waals surface area contributed by atoms with Crippen molar-refractivity contribution in [2.75, 3.05) is 12.9 Å². The van der Waals surface area contributed by atoms with Crippen LogP contribution in [0.3, 0.4) is 0 Å². The molecule has 0 heterocycles. The number of methoxy groups -OCH3 is 1. The van der Waals surface area contributed by atoms with Crippen LogP contribution in [0, 0.1) is 0 Å². The summed E-state index contributed by atoms with van der Waals surface area (Å²) in [5, 5.41) is 0. The molecule has 1 nitrogen and oxygen atoms in total. The standard InChI is InChI=1S/C9H14OS/c1-4-9(7-11)6-5-8(2)10-3/h4-6,11H,2,7H2,1,3H3/b6-5-,9-4+. The van der Waals surface area contributed by atoms with Crippen molar-refractivity contribution < 1.29 is 4.74 Å². The molecule has 0 fully saturated rings. The number of rotatable bonds is 4. The van der Waals surface area contributed by atoms with Crippen LogP contribution in [0.25, 0.3) is 0 Å². The first-order valence-electron chi connectivity index (χ1n) is 3.41. The molecule has 0 saturated carbocycles. The van der Waals surface area contributed by atoms with Crippen LogP contribution < -0.4 is 0 Å². The van der Waals surface area contributed by atoms with E-state index < -0.39 is 0 Å². The SMILES string of the molecule is C=C(/C=C\C(=C/C)CS)OC. The van der Waals surface area contributed by atoms with Crippen molar-refractivity contribution in [2.45, 2.75) is 6.92 Å². The third-order valence-electron chi connectivity index (χ3n) is 1.30. The van der Waals surface area contributed by atoms with E-state index in [0.29, 0.717) is 5.76 Å². The summed E-state index contributed by atoms with van der Waals surface area (Å²) in [5.74, 6) is 1.40. The number of thiol groups is 1. The van der Waals surface area contributed by atoms with Gasteiger partial charge in [-0.2, -0.15) is 12.6 Å². The van der Waals surface area contributed by atoms with Gasteiger partial charge in [-0.15, -0.1) is 0 Å². The largest absolute Gasteiger partial charge is 0.497 e. The van der Waals surface area contributed by atoms with Gasteiger partial charge in [-0.05, 0) is 18.6 Å². The van der Waals surface area contributed by atoms with E-state index >= 15 is 0 Å². The molecule has 0 aliphatic heterocycles. The van der Waals surface area contributed by atoms with E-state index in [4.69, 9.17) is 4.74 Å². The minimum Gasteiger partial charge on any atom is -0.497 e. The van der Waals surface area contributed by atoms with Crippen molar-refractivity contribution in [1.82, 2.24) is 0 Å². The zero-order valence-corrected chi connectivity index (χ0v) is 7.90. The Hall–Kier alpha value is -0.630. The van der Waals surface area contributed by atoms with Crippen LogP contribution in [0.2, 0.25) is 0 Å². The molecule has 0 aliphatic rings. The van der Waals surface area contributed by atoms with E-state index in [1.165, 1.54) is 0 Å². The second-order valence-corrected chi connectivity index (χ2v) is 2.34. The molecule has 0 rings (SSSR count). The summed E-state index contributed by atoms with van der Waals surface area (Å²) >= 11 is 4.14. The highest BCUT2D eigenvalue weighted by molar-refractivity contribution is 7.80. The maximum atomic E-state index is 4.86. The molecule has 0 aromatic rings. The fourth-order valence-corrected chi connectivity index (χ4v) is 0.796. The number of hydrogen-bond donors (Lipinski definition) is 1. The summed E-state index contributed by atoms with van der Waals surface area (Å²) in [6.07, 6.45) is 5.77. The zero-order valence-electron chi connectivity index (χ0n) is 7.00. The summed E-state index contributed by atoms with van der Waals surface area (Å²) in [6, 6.07) is 0.